The van der Waals surface area contributed by atoms with Gasteiger partial charge in [0.2, 0.25) is 0 Å². The Morgan fingerprint density at radius 2 is 1.83 bits per heavy atom. The number of methoxy groups -OCH3 is 1. The van der Waals surface area contributed by atoms with E-state index in [0.29, 0.717) is 6.29 Å². The quantitative estimate of drug-likeness (QED) is 0.360. The molecule has 0 spiro atoms. The summed E-state index contributed by atoms with van der Waals surface area (Å²) in [7, 11) is 1.18. The molecular weight excluding hydrogens is 452 g/mol. The van der Waals surface area contributed by atoms with Crippen LogP contribution in [-0.4, -0.2) is 54.5 Å². The van der Waals surface area contributed by atoms with E-state index in [0.717, 1.165) is 5.56 Å². The highest BCUT2D eigenvalue weighted by atomic mass is 16.6. The molecule has 2 rings (SSSR count). The van der Waals surface area contributed by atoms with Crippen molar-refractivity contribution >= 4 is 24.1 Å². The minimum atomic E-state index is -1.82. The molecule has 1 heterocycles. The van der Waals surface area contributed by atoms with Crippen LogP contribution in [0.4, 0.5) is 4.79 Å². The van der Waals surface area contributed by atoms with Crippen molar-refractivity contribution in [1.29, 1.82) is 0 Å². The summed E-state index contributed by atoms with van der Waals surface area (Å²) in [6.07, 6.45) is 1.00. The molecule has 1 aromatic carbocycles. The molecule has 0 saturated heterocycles. The monoisotopic (exact) mass is 488 g/mol. The number of nitrogens with one attached hydrogen (secondary N) is 2. The fourth-order valence-electron chi connectivity index (χ4n) is 4.03. The van der Waals surface area contributed by atoms with Gasteiger partial charge in [0.25, 0.3) is 0 Å². The molecule has 1 amide bonds. The second-order valence-corrected chi connectivity index (χ2v) is 10.1. The second-order valence-electron chi connectivity index (χ2n) is 10.1. The van der Waals surface area contributed by atoms with E-state index in [1.54, 1.807) is 20.8 Å². The first-order valence-corrected chi connectivity index (χ1v) is 11.6. The van der Waals surface area contributed by atoms with Crippen molar-refractivity contribution in [2.45, 2.75) is 70.7 Å². The van der Waals surface area contributed by atoms with E-state index in [1.165, 1.54) is 13.3 Å². The fourth-order valence-corrected chi connectivity index (χ4v) is 4.03. The number of ether oxygens (including phenoxy) is 3. The lowest BCUT2D eigenvalue weighted by Gasteiger charge is -2.35. The number of esters is 1. The van der Waals surface area contributed by atoms with E-state index in [-0.39, 0.29) is 37.5 Å². The highest BCUT2D eigenvalue weighted by Crippen LogP contribution is 2.35. The molecule has 0 unspecified atom stereocenters. The molecule has 35 heavy (non-hydrogen) atoms. The van der Waals surface area contributed by atoms with Crippen LogP contribution < -0.4 is 10.6 Å². The molecule has 9 nitrogen and oxygen atoms in total. The van der Waals surface area contributed by atoms with E-state index in [2.05, 4.69) is 10.6 Å². The van der Waals surface area contributed by atoms with E-state index < -0.39 is 34.5 Å². The Hall–Kier alpha value is -3.20. The van der Waals surface area contributed by atoms with Crippen molar-refractivity contribution in [3.8, 4) is 0 Å². The number of hydrogen-bond acceptors (Lipinski definition) is 8. The predicted octanol–water partition coefficient (Wildman–Crippen LogP) is 3.07. The van der Waals surface area contributed by atoms with Gasteiger partial charge in [-0.2, -0.15) is 0 Å². The van der Waals surface area contributed by atoms with Crippen LogP contribution in [0.1, 0.15) is 53.0 Å². The Balaban J connectivity index is 2.39. The molecule has 0 fully saturated rings. The maximum Gasteiger partial charge on any atom is 0.408 e. The van der Waals surface area contributed by atoms with Crippen LogP contribution in [0.2, 0.25) is 0 Å². The van der Waals surface area contributed by atoms with Crippen molar-refractivity contribution in [3.05, 3.63) is 47.7 Å². The van der Waals surface area contributed by atoms with Crippen molar-refractivity contribution < 1.29 is 33.4 Å². The standard InChI is InChI=1S/C26H36N2O7/c1-18(2)14-26(22(31)33-6,28-23(32)35-24(3,4)5)20-15-27-25(12-13-29,21(20)30)17-34-16-19-10-8-7-9-11-19/h7-11,13,15,18,27H,12,14,16-17H2,1-6H3,(H,28,32)/t25-,26-/m1/s1. The molecular formula is C26H36N2O7. The molecule has 0 bridgehead atoms. The van der Waals surface area contributed by atoms with Crippen LogP contribution in [0.25, 0.3) is 0 Å². The Kier molecular flexibility index (Phi) is 9.20. The molecule has 0 aliphatic carbocycles. The first-order valence-electron chi connectivity index (χ1n) is 11.6. The molecule has 0 saturated carbocycles. The zero-order chi connectivity index (χ0) is 26.3. The minimum absolute atomic E-state index is 0.0194. The molecule has 0 radical (unpaired) electrons. The average Bonchev–Trinajstić information content (AvgIpc) is 3.08. The number of rotatable bonds is 11. The third-order valence-electron chi connectivity index (χ3n) is 5.49. The Morgan fingerprint density at radius 1 is 1.17 bits per heavy atom. The second kappa shape index (κ2) is 11.5. The topological polar surface area (TPSA) is 120 Å². The molecule has 2 N–H and O–H groups in total. The lowest BCUT2D eigenvalue weighted by Crippen LogP contribution is -2.61. The van der Waals surface area contributed by atoms with Crippen LogP contribution in [0.15, 0.2) is 42.1 Å². The SMILES string of the molecule is COC(=O)[C@](CC(C)C)(NC(=O)OC(C)(C)C)C1=CN[C@](CC=O)(COCc2ccccc2)C1=O. The zero-order valence-corrected chi connectivity index (χ0v) is 21.3. The van der Waals surface area contributed by atoms with Gasteiger partial charge in [0.1, 0.15) is 17.4 Å². The lowest BCUT2D eigenvalue weighted by atomic mass is 9.77. The van der Waals surface area contributed by atoms with Gasteiger partial charge < -0.3 is 29.6 Å². The number of carbonyl (C=O) groups is 4. The van der Waals surface area contributed by atoms with Crippen molar-refractivity contribution in [2.75, 3.05) is 13.7 Å². The van der Waals surface area contributed by atoms with Gasteiger partial charge in [-0.05, 0) is 38.7 Å². The number of amides is 1. The zero-order valence-electron chi connectivity index (χ0n) is 21.3. The lowest BCUT2D eigenvalue weighted by molar-refractivity contribution is -0.148. The summed E-state index contributed by atoms with van der Waals surface area (Å²) in [4.78, 5) is 51.3. The summed E-state index contributed by atoms with van der Waals surface area (Å²) in [5, 5.41) is 5.58. The number of ketones is 1. The van der Waals surface area contributed by atoms with Crippen molar-refractivity contribution in [1.82, 2.24) is 10.6 Å². The minimum Gasteiger partial charge on any atom is -0.467 e. The van der Waals surface area contributed by atoms with Crippen LogP contribution in [-0.2, 0) is 35.2 Å². The molecule has 1 aromatic rings. The van der Waals surface area contributed by atoms with E-state index in [9.17, 15) is 19.2 Å². The predicted molar refractivity (Wildman–Crippen MR) is 129 cm³/mol. The Labute approximate surface area is 206 Å². The van der Waals surface area contributed by atoms with Gasteiger partial charge in [0.05, 0.1) is 25.9 Å². The number of benzene rings is 1. The van der Waals surface area contributed by atoms with Gasteiger partial charge in [0.15, 0.2) is 11.3 Å². The molecule has 0 aromatic heterocycles. The van der Waals surface area contributed by atoms with Crippen LogP contribution in [0.3, 0.4) is 0 Å². The molecule has 1 aliphatic rings. The van der Waals surface area contributed by atoms with E-state index in [4.69, 9.17) is 14.2 Å². The van der Waals surface area contributed by atoms with Crippen LogP contribution in [0, 0.1) is 5.92 Å². The molecule has 2 atom stereocenters. The maximum atomic E-state index is 13.8. The van der Waals surface area contributed by atoms with Gasteiger partial charge in [-0.1, -0.05) is 44.2 Å². The third-order valence-corrected chi connectivity index (χ3v) is 5.49. The first-order chi connectivity index (χ1) is 16.4. The van der Waals surface area contributed by atoms with Crippen LogP contribution >= 0.6 is 0 Å². The van der Waals surface area contributed by atoms with Crippen molar-refractivity contribution in [2.24, 2.45) is 5.92 Å². The van der Waals surface area contributed by atoms with Gasteiger partial charge >= 0.3 is 12.1 Å². The maximum absolute atomic E-state index is 13.8. The molecule has 192 valence electrons. The van der Waals surface area contributed by atoms with Gasteiger partial charge in [-0.3, -0.25) is 4.79 Å². The number of aldehydes is 1. The van der Waals surface area contributed by atoms with Crippen molar-refractivity contribution in [3.63, 3.8) is 0 Å². The Bertz CT molecular complexity index is 952. The number of carbonyl (C=O) groups excluding carboxylic acids is 4. The highest BCUT2D eigenvalue weighted by molar-refractivity contribution is 6.13. The fraction of sp³-hybridized carbons (Fsp3) is 0.538. The Morgan fingerprint density at radius 3 is 2.37 bits per heavy atom. The summed E-state index contributed by atoms with van der Waals surface area (Å²) in [5.74, 6) is -1.46. The largest absolute Gasteiger partial charge is 0.467 e. The normalized spacial score (nSPS) is 19.4. The van der Waals surface area contributed by atoms with Gasteiger partial charge in [0, 0.05) is 12.6 Å². The first kappa shape index (κ1) is 28.0. The van der Waals surface area contributed by atoms with Crippen LogP contribution in [0.5, 0.6) is 0 Å². The number of alkyl carbamates (subject to hydrolysis) is 1. The van der Waals surface area contributed by atoms with E-state index in [1.807, 2.05) is 44.2 Å². The summed E-state index contributed by atoms with van der Waals surface area (Å²) in [6.45, 7) is 8.88. The van der Waals surface area contributed by atoms with E-state index >= 15 is 0 Å². The summed E-state index contributed by atoms with van der Waals surface area (Å²) in [5.41, 5.74) is -3.18. The highest BCUT2D eigenvalue weighted by Gasteiger charge is 2.56. The molecule has 1 aliphatic heterocycles. The van der Waals surface area contributed by atoms with Gasteiger partial charge in [-0.15, -0.1) is 0 Å². The third kappa shape index (κ3) is 6.91. The number of hydrogen-bond donors (Lipinski definition) is 2. The summed E-state index contributed by atoms with van der Waals surface area (Å²) < 4.78 is 16.2. The summed E-state index contributed by atoms with van der Waals surface area (Å²) in [6, 6.07) is 9.40. The smallest absolute Gasteiger partial charge is 0.408 e. The average molecular weight is 489 g/mol. The molecule has 9 heteroatoms. The number of Topliss-reactive ketones (excluding diaryl/α,β-unsaturated/α-hetero) is 1. The van der Waals surface area contributed by atoms with Gasteiger partial charge in [-0.25, -0.2) is 9.59 Å². The summed E-state index contributed by atoms with van der Waals surface area (Å²) >= 11 is 0.